The van der Waals surface area contributed by atoms with Crippen LogP contribution < -0.4 is 16.0 Å². The number of allylic oxidation sites excluding steroid dienone is 1. The molecule has 6 nitrogen and oxygen atoms in total. The van der Waals surface area contributed by atoms with Gasteiger partial charge in [0.15, 0.2) is 5.78 Å². The minimum Gasteiger partial charge on any atom is -0.389 e. The van der Waals surface area contributed by atoms with Crippen molar-refractivity contribution in [2.45, 2.75) is 117 Å². The Morgan fingerprint density at radius 3 is 1.92 bits per heavy atom. The summed E-state index contributed by atoms with van der Waals surface area (Å²) in [7, 11) is 0. The highest BCUT2D eigenvalue weighted by Gasteiger charge is 2.17. The number of carbonyl (C=O) groups is 3. The number of ketones is 1. The lowest BCUT2D eigenvalue weighted by Crippen LogP contribution is -2.19. The molecule has 3 aromatic carbocycles. The Morgan fingerprint density at radius 2 is 1.27 bits per heavy atom. The topological polar surface area (TPSA) is 87.3 Å². The Kier molecular flexibility index (Phi) is 17.8. The van der Waals surface area contributed by atoms with Crippen molar-refractivity contribution in [2.75, 3.05) is 17.2 Å². The maximum Gasteiger partial charge on any atom is 0.228 e. The summed E-state index contributed by atoms with van der Waals surface area (Å²) in [5.41, 5.74) is 4.80. The van der Waals surface area contributed by atoms with E-state index in [1.165, 1.54) is 70.6 Å². The van der Waals surface area contributed by atoms with Gasteiger partial charge in [-0.3, -0.25) is 14.4 Å². The molecule has 0 aliphatic carbocycles. The molecule has 48 heavy (non-hydrogen) atoms. The molecule has 0 atom stereocenters. The van der Waals surface area contributed by atoms with E-state index in [1.807, 2.05) is 37.3 Å². The number of unbranched alkanes of at least 4 members (excludes halogenated alkanes) is 11. The summed E-state index contributed by atoms with van der Waals surface area (Å²) in [6, 6.07) is 21.8. The van der Waals surface area contributed by atoms with Crippen molar-refractivity contribution in [1.29, 1.82) is 0 Å². The molecule has 0 bridgehead atoms. The summed E-state index contributed by atoms with van der Waals surface area (Å²) in [4.78, 5) is 39.2. The molecule has 2 amide bonds. The second-order valence-electron chi connectivity index (χ2n) is 13.0. The second-order valence-corrected chi connectivity index (χ2v) is 13.0. The van der Waals surface area contributed by atoms with E-state index in [9.17, 15) is 14.4 Å². The van der Waals surface area contributed by atoms with Crippen molar-refractivity contribution >= 4 is 29.0 Å². The number of anilines is 2. The summed E-state index contributed by atoms with van der Waals surface area (Å²) in [5, 5.41) is 9.20. The largest absolute Gasteiger partial charge is 0.389 e. The maximum absolute atomic E-state index is 13.5. The van der Waals surface area contributed by atoms with Crippen LogP contribution in [0.5, 0.6) is 0 Å². The van der Waals surface area contributed by atoms with E-state index < -0.39 is 0 Å². The molecule has 3 aromatic rings. The lowest BCUT2D eigenvalue weighted by atomic mass is 10.0. The standard InChI is InChI=1S/C42H57N3O3/c1-4-5-6-7-8-9-10-11-12-13-14-16-20-34(3)43-30-19-23-40(46)44-37-28-29-39(38(32-37)42(48)36-21-17-15-18-22-36)45-41(47)31-35-26-24-33(2)25-27-35/h15,17-18,21-22,24-29,32,43H,3-14,16,19-20,23,30-31H2,1-2H3,(H,44,46)(H,45,47). The van der Waals surface area contributed by atoms with Crippen molar-refractivity contribution in [2.24, 2.45) is 0 Å². The van der Waals surface area contributed by atoms with Gasteiger partial charge in [0.2, 0.25) is 11.8 Å². The minimum absolute atomic E-state index is 0.127. The Labute approximate surface area is 289 Å². The first kappa shape index (κ1) is 38.3. The Bertz CT molecular complexity index is 1420. The van der Waals surface area contributed by atoms with Gasteiger partial charge >= 0.3 is 0 Å². The average molecular weight is 652 g/mol. The number of rotatable bonds is 24. The molecule has 6 heteroatoms. The summed E-state index contributed by atoms with van der Waals surface area (Å²) in [6.07, 6.45) is 18.2. The van der Waals surface area contributed by atoms with Gasteiger partial charge in [0.1, 0.15) is 0 Å². The highest BCUT2D eigenvalue weighted by molar-refractivity contribution is 6.14. The maximum atomic E-state index is 13.5. The van der Waals surface area contributed by atoms with Crippen LogP contribution in [0.25, 0.3) is 0 Å². The molecule has 0 aliphatic heterocycles. The van der Waals surface area contributed by atoms with Crippen molar-refractivity contribution < 1.29 is 14.4 Å². The zero-order valence-electron chi connectivity index (χ0n) is 29.4. The van der Waals surface area contributed by atoms with Crippen molar-refractivity contribution in [1.82, 2.24) is 5.32 Å². The quantitative estimate of drug-likeness (QED) is 0.0664. The fourth-order valence-corrected chi connectivity index (χ4v) is 5.75. The first-order chi connectivity index (χ1) is 23.4. The number of hydrogen-bond acceptors (Lipinski definition) is 4. The van der Waals surface area contributed by atoms with Gasteiger partial charge in [-0.15, -0.1) is 0 Å². The van der Waals surface area contributed by atoms with Gasteiger partial charge in [-0.2, -0.15) is 0 Å². The molecule has 3 N–H and O–H groups in total. The number of aryl methyl sites for hydroxylation is 1. The average Bonchev–Trinajstić information content (AvgIpc) is 3.09. The normalized spacial score (nSPS) is 10.8. The monoisotopic (exact) mass is 651 g/mol. The van der Waals surface area contributed by atoms with Crippen LogP contribution in [0.1, 0.15) is 130 Å². The molecule has 0 spiro atoms. The first-order valence-corrected chi connectivity index (χ1v) is 18.2. The van der Waals surface area contributed by atoms with Crippen LogP contribution in [0.15, 0.2) is 85.1 Å². The fraction of sp³-hybridized carbons (Fsp3) is 0.452. The zero-order valence-corrected chi connectivity index (χ0v) is 29.4. The molecule has 0 aromatic heterocycles. The SMILES string of the molecule is C=C(CCCCCCCCCCCCCC)NCCCC(=O)Nc1ccc(NC(=O)Cc2ccc(C)cc2)c(C(=O)c2ccccc2)c1. The van der Waals surface area contributed by atoms with E-state index in [0.717, 1.165) is 29.7 Å². The molecular formula is C42H57N3O3. The van der Waals surface area contributed by atoms with Crippen LogP contribution in [-0.2, 0) is 16.0 Å². The van der Waals surface area contributed by atoms with Crippen molar-refractivity contribution in [3.05, 3.63) is 107 Å². The lowest BCUT2D eigenvalue weighted by molar-refractivity contribution is -0.116. The predicted octanol–water partition coefficient (Wildman–Crippen LogP) is 10.3. The van der Waals surface area contributed by atoms with E-state index in [4.69, 9.17) is 0 Å². The Hall–Kier alpha value is -4.19. The molecule has 0 heterocycles. The molecule has 0 saturated heterocycles. The molecule has 0 aliphatic rings. The summed E-state index contributed by atoms with van der Waals surface area (Å²) in [5.74, 6) is -0.573. The third-order valence-electron chi connectivity index (χ3n) is 8.63. The van der Waals surface area contributed by atoms with Gasteiger partial charge in [0.25, 0.3) is 0 Å². The number of hydrogen-bond donors (Lipinski definition) is 3. The summed E-state index contributed by atoms with van der Waals surface area (Å²) in [6.45, 7) is 9.12. The van der Waals surface area contributed by atoms with Gasteiger partial charge in [-0.05, 0) is 49.9 Å². The van der Waals surface area contributed by atoms with Gasteiger partial charge < -0.3 is 16.0 Å². The third-order valence-corrected chi connectivity index (χ3v) is 8.63. The van der Waals surface area contributed by atoms with E-state index in [1.54, 1.807) is 42.5 Å². The molecule has 0 radical (unpaired) electrons. The third kappa shape index (κ3) is 15.1. The second kappa shape index (κ2) is 22.4. The van der Waals surface area contributed by atoms with Crippen LogP contribution in [0, 0.1) is 6.92 Å². The molecule has 3 rings (SSSR count). The van der Waals surface area contributed by atoms with Crippen LogP contribution in [0.4, 0.5) is 11.4 Å². The highest BCUT2D eigenvalue weighted by atomic mass is 16.2. The molecular weight excluding hydrogens is 594 g/mol. The highest BCUT2D eigenvalue weighted by Crippen LogP contribution is 2.25. The number of amides is 2. The van der Waals surface area contributed by atoms with E-state index >= 15 is 0 Å². The van der Waals surface area contributed by atoms with E-state index in [-0.39, 0.29) is 24.0 Å². The molecule has 0 fully saturated rings. The molecule has 258 valence electrons. The number of carbonyl (C=O) groups excluding carboxylic acids is 3. The van der Waals surface area contributed by atoms with Gasteiger partial charge in [-0.1, -0.05) is 144 Å². The minimum atomic E-state index is -0.229. The smallest absolute Gasteiger partial charge is 0.228 e. The fourth-order valence-electron chi connectivity index (χ4n) is 5.75. The number of benzene rings is 3. The van der Waals surface area contributed by atoms with Crippen LogP contribution in [-0.4, -0.2) is 24.1 Å². The van der Waals surface area contributed by atoms with Gasteiger partial charge in [0.05, 0.1) is 12.1 Å². The zero-order chi connectivity index (χ0) is 34.4. The van der Waals surface area contributed by atoms with Crippen LogP contribution >= 0.6 is 0 Å². The molecule has 0 unspecified atom stereocenters. The predicted molar refractivity (Wildman–Crippen MR) is 201 cm³/mol. The summed E-state index contributed by atoms with van der Waals surface area (Å²) < 4.78 is 0. The first-order valence-electron chi connectivity index (χ1n) is 18.2. The number of nitrogens with one attached hydrogen (secondary N) is 3. The molecule has 0 saturated carbocycles. The van der Waals surface area contributed by atoms with Crippen LogP contribution in [0.3, 0.4) is 0 Å². The summed E-state index contributed by atoms with van der Waals surface area (Å²) >= 11 is 0. The van der Waals surface area contributed by atoms with Gasteiger partial charge in [-0.25, -0.2) is 0 Å². The Balaban J connectivity index is 1.39. The lowest BCUT2D eigenvalue weighted by Gasteiger charge is -2.14. The van der Waals surface area contributed by atoms with E-state index in [0.29, 0.717) is 41.9 Å². The van der Waals surface area contributed by atoms with Crippen molar-refractivity contribution in [3.63, 3.8) is 0 Å². The van der Waals surface area contributed by atoms with Crippen molar-refractivity contribution in [3.8, 4) is 0 Å². The Morgan fingerprint density at radius 1 is 0.646 bits per heavy atom. The van der Waals surface area contributed by atoms with Gasteiger partial charge in [0, 0.05) is 35.5 Å². The van der Waals surface area contributed by atoms with E-state index in [2.05, 4.69) is 29.5 Å². The van der Waals surface area contributed by atoms with Crippen LogP contribution in [0.2, 0.25) is 0 Å².